The van der Waals surface area contributed by atoms with E-state index >= 15 is 0 Å². The summed E-state index contributed by atoms with van der Waals surface area (Å²) < 4.78 is 12.9. The number of nitrogens with one attached hydrogen (secondary N) is 1. The zero-order valence-electron chi connectivity index (χ0n) is 10.4. The Morgan fingerprint density at radius 3 is 2.70 bits per heavy atom. The minimum Gasteiger partial charge on any atom is -0.361 e. The number of hydrogen-bond donors (Lipinski definition) is 1. The van der Waals surface area contributed by atoms with Crippen molar-refractivity contribution in [3.05, 3.63) is 75.0 Å². The van der Waals surface area contributed by atoms with Gasteiger partial charge in [0.25, 0.3) is 0 Å². The molecule has 0 spiro atoms. The maximum absolute atomic E-state index is 12.9. The second-order valence-corrected chi connectivity index (χ2v) is 4.83. The first-order valence-electron chi connectivity index (χ1n) is 6.04. The van der Waals surface area contributed by atoms with E-state index < -0.39 is 0 Å². The van der Waals surface area contributed by atoms with Gasteiger partial charge in [0.2, 0.25) is 0 Å². The molecule has 0 atom stereocenters. The second-order valence-electron chi connectivity index (χ2n) is 4.47. The summed E-state index contributed by atoms with van der Waals surface area (Å²) in [4.78, 5) is 19.4. The SMILES string of the molecule is O=c1c(Cc2ccc(F)cc2)c[nH]c2ccnc(Cl)c12. The molecule has 100 valence electrons. The lowest BCUT2D eigenvalue weighted by Crippen LogP contribution is -2.11. The van der Waals surface area contributed by atoms with Gasteiger partial charge >= 0.3 is 0 Å². The van der Waals surface area contributed by atoms with Crippen LogP contribution >= 0.6 is 11.6 Å². The van der Waals surface area contributed by atoms with Crippen molar-refractivity contribution in [1.29, 1.82) is 0 Å². The highest BCUT2D eigenvalue weighted by molar-refractivity contribution is 6.34. The number of pyridine rings is 2. The van der Waals surface area contributed by atoms with Gasteiger partial charge in [0.1, 0.15) is 11.0 Å². The molecule has 0 saturated heterocycles. The highest BCUT2D eigenvalue weighted by atomic mass is 35.5. The van der Waals surface area contributed by atoms with E-state index in [4.69, 9.17) is 11.6 Å². The number of nitrogens with zero attached hydrogens (tertiary/aromatic N) is 1. The molecule has 0 unspecified atom stereocenters. The molecular weight excluding hydrogens is 279 g/mol. The second kappa shape index (κ2) is 5.06. The van der Waals surface area contributed by atoms with Gasteiger partial charge in [-0.25, -0.2) is 9.37 Å². The Labute approximate surface area is 119 Å². The molecule has 0 fully saturated rings. The normalized spacial score (nSPS) is 10.9. The van der Waals surface area contributed by atoms with E-state index in [0.717, 1.165) is 5.56 Å². The summed E-state index contributed by atoms with van der Waals surface area (Å²) in [6.07, 6.45) is 3.61. The van der Waals surface area contributed by atoms with Crippen molar-refractivity contribution >= 4 is 22.5 Å². The first-order valence-corrected chi connectivity index (χ1v) is 6.42. The number of halogens is 2. The lowest BCUT2D eigenvalue weighted by atomic mass is 10.0. The fourth-order valence-electron chi connectivity index (χ4n) is 2.12. The minimum absolute atomic E-state index is 0.152. The van der Waals surface area contributed by atoms with E-state index in [0.29, 0.717) is 22.9 Å². The van der Waals surface area contributed by atoms with Crippen LogP contribution in [0.5, 0.6) is 0 Å². The van der Waals surface area contributed by atoms with Gasteiger partial charge in [0, 0.05) is 24.4 Å². The van der Waals surface area contributed by atoms with Gasteiger partial charge in [-0.1, -0.05) is 23.7 Å². The standard InChI is InChI=1S/C15H10ClFN2O/c16-15-13-12(5-6-18-15)19-8-10(14(13)20)7-9-1-3-11(17)4-2-9/h1-6,8H,7H2,(H,19,20). The third kappa shape index (κ3) is 2.30. The Kier molecular flexibility index (Phi) is 3.24. The van der Waals surface area contributed by atoms with Crippen molar-refractivity contribution < 1.29 is 4.39 Å². The van der Waals surface area contributed by atoms with E-state index in [9.17, 15) is 9.18 Å². The third-order valence-corrected chi connectivity index (χ3v) is 3.42. The van der Waals surface area contributed by atoms with Crippen LogP contribution in [0.3, 0.4) is 0 Å². The van der Waals surface area contributed by atoms with Crippen LogP contribution in [0.2, 0.25) is 5.15 Å². The molecule has 0 aliphatic rings. The topological polar surface area (TPSA) is 45.8 Å². The molecule has 5 heteroatoms. The summed E-state index contributed by atoms with van der Waals surface area (Å²) >= 11 is 5.98. The molecule has 0 aliphatic carbocycles. The number of rotatable bonds is 2. The van der Waals surface area contributed by atoms with Gasteiger partial charge in [-0.15, -0.1) is 0 Å². The van der Waals surface area contributed by atoms with E-state index in [1.807, 2.05) is 0 Å². The van der Waals surface area contributed by atoms with Gasteiger partial charge in [0.05, 0.1) is 10.9 Å². The Hall–Kier alpha value is -2.20. The molecule has 2 heterocycles. The van der Waals surface area contributed by atoms with Crippen LogP contribution < -0.4 is 5.43 Å². The Bertz CT molecular complexity index is 827. The van der Waals surface area contributed by atoms with Crippen LogP contribution in [0, 0.1) is 5.82 Å². The Balaban J connectivity index is 2.09. The monoisotopic (exact) mass is 288 g/mol. The van der Waals surface area contributed by atoms with Gasteiger partial charge in [0.15, 0.2) is 5.43 Å². The molecule has 3 nitrogen and oxygen atoms in total. The third-order valence-electron chi connectivity index (χ3n) is 3.13. The first kappa shape index (κ1) is 12.8. The molecule has 0 radical (unpaired) electrons. The summed E-state index contributed by atoms with van der Waals surface area (Å²) in [5.74, 6) is -0.298. The van der Waals surface area contributed by atoms with Crippen LogP contribution in [-0.2, 0) is 6.42 Å². The number of fused-ring (bicyclic) bond motifs is 1. The summed E-state index contributed by atoms with van der Waals surface area (Å²) in [6.45, 7) is 0. The fraction of sp³-hybridized carbons (Fsp3) is 0.0667. The van der Waals surface area contributed by atoms with Crippen molar-refractivity contribution in [3.63, 3.8) is 0 Å². The zero-order chi connectivity index (χ0) is 14.1. The number of hydrogen-bond acceptors (Lipinski definition) is 2. The highest BCUT2D eigenvalue weighted by Gasteiger charge is 2.09. The van der Waals surface area contributed by atoms with Crippen LogP contribution in [-0.4, -0.2) is 9.97 Å². The maximum Gasteiger partial charge on any atom is 0.196 e. The van der Waals surface area contributed by atoms with E-state index in [1.54, 1.807) is 30.6 Å². The van der Waals surface area contributed by atoms with Crippen molar-refractivity contribution in [2.75, 3.05) is 0 Å². The van der Waals surface area contributed by atoms with Crippen molar-refractivity contribution in [3.8, 4) is 0 Å². The van der Waals surface area contributed by atoms with Crippen molar-refractivity contribution in [2.45, 2.75) is 6.42 Å². The van der Waals surface area contributed by atoms with Gasteiger partial charge < -0.3 is 4.98 Å². The summed E-state index contributed by atoms with van der Waals surface area (Å²) in [5.41, 5.74) is 1.93. The van der Waals surface area contributed by atoms with E-state index in [2.05, 4.69) is 9.97 Å². The molecule has 0 saturated carbocycles. The Morgan fingerprint density at radius 2 is 1.95 bits per heavy atom. The summed E-state index contributed by atoms with van der Waals surface area (Å²) in [5, 5.41) is 0.568. The predicted octanol–water partition coefficient (Wildman–Crippen LogP) is 3.31. The number of aromatic amines is 1. The highest BCUT2D eigenvalue weighted by Crippen LogP contribution is 2.17. The van der Waals surface area contributed by atoms with Gasteiger partial charge in [-0.2, -0.15) is 0 Å². The van der Waals surface area contributed by atoms with Crippen LogP contribution in [0.1, 0.15) is 11.1 Å². The Morgan fingerprint density at radius 1 is 1.20 bits per heavy atom. The average molecular weight is 289 g/mol. The average Bonchev–Trinajstić information content (AvgIpc) is 2.44. The molecular formula is C15H10ClFN2O. The van der Waals surface area contributed by atoms with Gasteiger partial charge in [-0.3, -0.25) is 4.79 Å². The van der Waals surface area contributed by atoms with Crippen LogP contribution in [0.15, 0.2) is 47.5 Å². The van der Waals surface area contributed by atoms with Crippen LogP contribution in [0.25, 0.3) is 10.9 Å². The minimum atomic E-state index is -0.298. The van der Waals surface area contributed by atoms with Gasteiger partial charge in [-0.05, 0) is 23.8 Å². The van der Waals surface area contributed by atoms with E-state index in [-0.39, 0.29) is 16.4 Å². The van der Waals surface area contributed by atoms with Crippen LogP contribution in [0.4, 0.5) is 4.39 Å². The van der Waals surface area contributed by atoms with Crippen molar-refractivity contribution in [2.24, 2.45) is 0 Å². The zero-order valence-corrected chi connectivity index (χ0v) is 11.1. The summed E-state index contributed by atoms with van der Waals surface area (Å²) in [6, 6.07) is 7.76. The molecule has 2 aromatic heterocycles. The molecule has 0 aliphatic heterocycles. The fourth-order valence-corrected chi connectivity index (χ4v) is 2.36. The first-order chi connectivity index (χ1) is 9.65. The molecule has 1 N–H and O–H groups in total. The molecule has 1 aromatic carbocycles. The molecule has 3 rings (SSSR count). The lowest BCUT2D eigenvalue weighted by molar-refractivity contribution is 0.627. The summed E-state index contributed by atoms with van der Waals surface area (Å²) in [7, 11) is 0. The number of aromatic nitrogens is 2. The number of H-pyrrole nitrogens is 1. The quantitative estimate of drug-likeness (QED) is 0.735. The molecule has 3 aromatic rings. The lowest BCUT2D eigenvalue weighted by Gasteiger charge is -2.04. The van der Waals surface area contributed by atoms with Crippen molar-refractivity contribution in [1.82, 2.24) is 9.97 Å². The number of benzene rings is 1. The molecule has 0 amide bonds. The van der Waals surface area contributed by atoms with E-state index in [1.165, 1.54) is 12.1 Å². The predicted molar refractivity (Wildman–Crippen MR) is 76.6 cm³/mol. The maximum atomic E-state index is 12.9. The largest absolute Gasteiger partial charge is 0.361 e. The smallest absolute Gasteiger partial charge is 0.196 e. The molecule has 0 bridgehead atoms. The molecule has 20 heavy (non-hydrogen) atoms.